The van der Waals surface area contributed by atoms with Crippen molar-refractivity contribution >= 4 is 18.1 Å². The number of nitro groups is 1. The Morgan fingerprint density at radius 2 is 2.29 bits per heavy atom. The molecule has 1 aromatic carbocycles. The zero-order valence-electron chi connectivity index (χ0n) is 9.46. The minimum absolute atomic E-state index is 0. The molecule has 94 valence electrons. The van der Waals surface area contributed by atoms with Gasteiger partial charge >= 0.3 is 5.69 Å². The van der Waals surface area contributed by atoms with Crippen molar-refractivity contribution in [3.63, 3.8) is 0 Å². The summed E-state index contributed by atoms with van der Waals surface area (Å²) in [5.41, 5.74) is 6.46. The van der Waals surface area contributed by atoms with Gasteiger partial charge in [-0.25, -0.2) is 0 Å². The molecule has 0 aliphatic rings. The molecular formula is C11H15ClN2O3. The van der Waals surface area contributed by atoms with Gasteiger partial charge in [0, 0.05) is 12.1 Å². The number of ether oxygens (including phenoxy) is 1. The predicted octanol–water partition coefficient (Wildman–Crippen LogP) is 2.60. The smallest absolute Gasteiger partial charge is 0.311 e. The lowest BCUT2D eigenvalue weighted by Crippen LogP contribution is -2.09. The number of nitrogens with zero attached hydrogens (tertiary/aromatic N) is 1. The second kappa shape index (κ2) is 6.88. The first-order valence-electron chi connectivity index (χ1n) is 4.79. The van der Waals surface area contributed by atoms with Crippen LogP contribution in [0.25, 0.3) is 0 Å². The molecule has 0 saturated carbocycles. The van der Waals surface area contributed by atoms with Gasteiger partial charge in [0.25, 0.3) is 0 Å². The highest BCUT2D eigenvalue weighted by molar-refractivity contribution is 5.85. The maximum Gasteiger partial charge on any atom is 0.311 e. The highest BCUT2D eigenvalue weighted by Gasteiger charge is 2.17. The monoisotopic (exact) mass is 258 g/mol. The van der Waals surface area contributed by atoms with Gasteiger partial charge < -0.3 is 10.5 Å². The minimum atomic E-state index is -0.483. The van der Waals surface area contributed by atoms with E-state index < -0.39 is 4.92 Å². The number of methoxy groups -OCH3 is 1. The van der Waals surface area contributed by atoms with E-state index in [1.54, 1.807) is 18.2 Å². The summed E-state index contributed by atoms with van der Waals surface area (Å²) in [6.07, 6.45) is 2.25. The third-order valence-corrected chi connectivity index (χ3v) is 2.25. The van der Waals surface area contributed by atoms with E-state index in [0.717, 1.165) is 0 Å². The van der Waals surface area contributed by atoms with Crippen molar-refractivity contribution in [1.82, 2.24) is 0 Å². The van der Waals surface area contributed by atoms with Gasteiger partial charge in [-0.05, 0) is 18.1 Å². The maximum atomic E-state index is 10.8. The van der Waals surface area contributed by atoms with Gasteiger partial charge in [-0.3, -0.25) is 10.1 Å². The summed E-state index contributed by atoms with van der Waals surface area (Å²) in [5.74, 6) is 0.236. The van der Waals surface area contributed by atoms with Crippen LogP contribution in [0.4, 0.5) is 5.69 Å². The average molecular weight is 259 g/mol. The van der Waals surface area contributed by atoms with Crippen molar-refractivity contribution in [2.24, 2.45) is 5.73 Å². The Kier molecular flexibility index (Phi) is 6.23. The first-order chi connectivity index (χ1) is 7.60. The van der Waals surface area contributed by atoms with Crippen LogP contribution in [0.15, 0.2) is 30.9 Å². The second-order valence-corrected chi connectivity index (χ2v) is 3.32. The standard InChI is InChI=1S/C11H14N2O3.ClH/c1-3-4-9(12)8-5-6-11(16-2)10(7-8)13(14)15;/h3,5-7,9H,1,4,12H2,2H3;1H/t9-;/m0./s1. The Morgan fingerprint density at radius 1 is 1.65 bits per heavy atom. The van der Waals surface area contributed by atoms with Crippen molar-refractivity contribution in [2.75, 3.05) is 7.11 Å². The van der Waals surface area contributed by atoms with E-state index in [1.165, 1.54) is 13.2 Å². The minimum Gasteiger partial charge on any atom is -0.490 e. The van der Waals surface area contributed by atoms with Crippen molar-refractivity contribution in [2.45, 2.75) is 12.5 Å². The van der Waals surface area contributed by atoms with E-state index in [4.69, 9.17) is 10.5 Å². The summed E-state index contributed by atoms with van der Waals surface area (Å²) in [7, 11) is 1.39. The molecule has 0 saturated heterocycles. The number of rotatable bonds is 5. The number of nitrogens with two attached hydrogens (primary N) is 1. The molecule has 0 aliphatic heterocycles. The Hall–Kier alpha value is -1.59. The average Bonchev–Trinajstić information content (AvgIpc) is 2.28. The SMILES string of the molecule is C=CC[C@H](N)c1ccc(OC)c([N+](=O)[O-])c1.Cl. The maximum absolute atomic E-state index is 10.8. The Labute approximate surface area is 106 Å². The van der Waals surface area contributed by atoms with E-state index in [-0.39, 0.29) is 29.9 Å². The summed E-state index contributed by atoms with van der Waals surface area (Å²) in [4.78, 5) is 10.3. The Balaban J connectivity index is 0.00000256. The molecule has 0 aliphatic carbocycles. The van der Waals surface area contributed by atoms with E-state index in [2.05, 4.69) is 6.58 Å². The molecular weight excluding hydrogens is 244 g/mol. The number of hydrogen-bond donors (Lipinski definition) is 1. The van der Waals surface area contributed by atoms with Gasteiger partial charge in [0.1, 0.15) is 0 Å². The topological polar surface area (TPSA) is 78.4 Å². The fourth-order valence-electron chi connectivity index (χ4n) is 1.40. The van der Waals surface area contributed by atoms with Crippen LogP contribution in [0.5, 0.6) is 5.75 Å². The van der Waals surface area contributed by atoms with Crippen molar-refractivity contribution in [3.8, 4) is 5.75 Å². The largest absolute Gasteiger partial charge is 0.490 e. The molecule has 0 radical (unpaired) electrons. The molecule has 0 amide bonds. The van der Waals surface area contributed by atoms with E-state index in [9.17, 15) is 10.1 Å². The molecule has 2 N–H and O–H groups in total. The molecule has 1 atom stereocenters. The Morgan fingerprint density at radius 3 is 2.76 bits per heavy atom. The van der Waals surface area contributed by atoms with Gasteiger partial charge in [0.15, 0.2) is 5.75 Å². The van der Waals surface area contributed by atoms with Gasteiger partial charge in [-0.2, -0.15) is 0 Å². The molecule has 0 unspecified atom stereocenters. The third-order valence-electron chi connectivity index (χ3n) is 2.25. The van der Waals surface area contributed by atoms with Crippen molar-refractivity contribution in [1.29, 1.82) is 0 Å². The van der Waals surface area contributed by atoms with Crippen LogP contribution >= 0.6 is 12.4 Å². The first kappa shape index (κ1) is 15.4. The lowest BCUT2D eigenvalue weighted by Gasteiger charge is -2.10. The lowest BCUT2D eigenvalue weighted by molar-refractivity contribution is -0.385. The molecule has 5 nitrogen and oxygen atoms in total. The summed E-state index contributed by atoms with van der Waals surface area (Å²) in [6, 6.07) is 4.44. The number of nitro benzene ring substituents is 1. The normalized spacial score (nSPS) is 11.2. The zero-order chi connectivity index (χ0) is 12.1. The van der Waals surface area contributed by atoms with Crippen LogP contribution in [0.2, 0.25) is 0 Å². The van der Waals surface area contributed by atoms with Crippen molar-refractivity contribution in [3.05, 3.63) is 46.5 Å². The zero-order valence-corrected chi connectivity index (χ0v) is 10.3. The second-order valence-electron chi connectivity index (χ2n) is 3.32. The molecule has 0 heterocycles. The van der Waals surface area contributed by atoms with Crippen LogP contribution in [-0.2, 0) is 0 Å². The highest BCUT2D eigenvalue weighted by Crippen LogP contribution is 2.29. The molecule has 6 heteroatoms. The van der Waals surface area contributed by atoms with Gasteiger partial charge in [0.2, 0.25) is 0 Å². The van der Waals surface area contributed by atoms with Crippen LogP contribution in [0.3, 0.4) is 0 Å². The molecule has 0 spiro atoms. The van der Waals surface area contributed by atoms with Crippen LogP contribution in [0.1, 0.15) is 18.0 Å². The van der Waals surface area contributed by atoms with Crippen molar-refractivity contribution < 1.29 is 9.66 Å². The highest BCUT2D eigenvalue weighted by atomic mass is 35.5. The number of hydrogen-bond acceptors (Lipinski definition) is 4. The summed E-state index contributed by atoms with van der Waals surface area (Å²) >= 11 is 0. The summed E-state index contributed by atoms with van der Waals surface area (Å²) < 4.78 is 4.90. The van der Waals surface area contributed by atoms with E-state index >= 15 is 0 Å². The Bertz CT molecular complexity index is 410. The number of halogens is 1. The van der Waals surface area contributed by atoms with Crippen LogP contribution in [-0.4, -0.2) is 12.0 Å². The van der Waals surface area contributed by atoms with Crippen LogP contribution < -0.4 is 10.5 Å². The summed E-state index contributed by atoms with van der Waals surface area (Å²) in [6.45, 7) is 3.58. The van der Waals surface area contributed by atoms with Gasteiger partial charge in [-0.15, -0.1) is 19.0 Å². The fraction of sp³-hybridized carbons (Fsp3) is 0.273. The molecule has 1 aromatic rings. The fourth-order valence-corrected chi connectivity index (χ4v) is 1.40. The molecule has 0 fully saturated rings. The predicted molar refractivity (Wildman–Crippen MR) is 68.6 cm³/mol. The van der Waals surface area contributed by atoms with Crippen LogP contribution in [0, 0.1) is 10.1 Å². The van der Waals surface area contributed by atoms with Gasteiger partial charge in [0.05, 0.1) is 12.0 Å². The summed E-state index contributed by atoms with van der Waals surface area (Å²) in [5, 5.41) is 10.8. The number of benzene rings is 1. The van der Waals surface area contributed by atoms with Gasteiger partial charge in [-0.1, -0.05) is 12.1 Å². The molecule has 0 aromatic heterocycles. The molecule has 0 bridgehead atoms. The van der Waals surface area contributed by atoms with E-state index in [1.807, 2.05) is 0 Å². The quantitative estimate of drug-likeness (QED) is 0.500. The third kappa shape index (κ3) is 3.72. The first-order valence-corrected chi connectivity index (χ1v) is 4.79. The van der Waals surface area contributed by atoms with E-state index in [0.29, 0.717) is 12.0 Å². The molecule has 1 rings (SSSR count). The lowest BCUT2D eigenvalue weighted by atomic mass is 10.0. The molecule has 17 heavy (non-hydrogen) atoms.